The van der Waals surface area contributed by atoms with Crippen molar-refractivity contribution < 1.29 is 70.7 Å². The monoisotopic (exact) mass is 488 g/mol. The van der Waals surface area contributed by atoms with Crippen molar-refractivity contribution in [2.24, 2.45) is 0 Å². The third-order valence-corrected chi connectivity index (χ3v) is 0. The van der Waals surface area contributed by atoms with Crippen LogP contribution in [0.3, 0.4) is 0 Å². The van der Waals surface area contributed by atoms with Crippen LogP contribution in [0.25, 0.3) is 0 Å². The summed E-state index contributed by atoms with van der Waals surface area (Å²) in [6.07, 6.45) is 0. The van der Waals surface area contributed by atoms with Crippen LogP contribution in [0, 0.1) is 38.5 Å². The molecule has 0 rings (SSSR count). The molecule has 1 radical (unpaired) electrons. The van der Waals surface area contributed by atoms with E-state index in [1.165, 1.54) is 0 Å². The summed E-state index contributed by atoms with van der Waals surface area (Å²) >= 11 is 0. The predicted molar refractivity (Wildman–Crippen MR) is 6.41 cm³/mol. The second-order valence-corrected chi connectivity index (χ2v) is 0. The van der Waals surface area contributed by atoms with Gasteiger partial charge in [0.1, 0.15) is 0 Å². The van der Waals surface area contributed by atoms with Crippen molar-refractivity contribution in [1.82, 2.24) is 0 Å². The zero-order chi connectivity index (χ0) is 0. The first kappa shape index (κ1) is 33.2. The van der Waals surface area contributed by atoms with E-state index >= 15 is 0 Å². The quantitative estimate of drug-likeness (QED) is 0.435. The van der Waals surface area contributed by atoms with Gasteiger partial charge in [-0.05, 0) is 0 Å². The van der Waals surface area contributed by atoms with E-state index in [1.807, 2.05) is 0 Å². The first-order chi connectivity index (χ1) is 0. The Labute approximate surface area is 77.0 Å². The fourth-order valence-corrected chi connectivity index (χ4v) is 0. The van der Waals surface area contributed by atoms with E-state index < -0.39 is 0 Å². The topological polar surface area (TPSA) is 0 Å². The van der Waals surface area contributed by atoms with Gasteiger partial charge in [-0.1, -0.05) is 0 Å². The number of rotatable bonds is 0. The average molecular weight is 488 g/mol. The zero-order valence-electron chi connectivity index (χ0n) is 2.36. The molecule has 3 heteroatoms. The molecule has 23 valence electrons. The number of hydrogen-bond donors (Lipinski definition) is 0. The van der Waals surface area contributed by atoms with E-state index in [2.05, 4.69) is 0 Å². The fraction of sp³-hybridized carbons (Fsp3) is 0. The van der Waals surface area contributed by atoms with Gasteiger partial charge < -0.3 is 7.43 Å². The van der Waals surface area contributed by atoms with E-state index in [1.54, 1.807) is 0 Å². The summed E-state index contributed by atoms with van der Waals surface area (Å²) in [4.78, 5) is 0. The number of hydrogen-bond acceptors (Lipinski definition) is 0. The molecule has 0 saturated heterocycles. The van der Waals surface area contributed by atoms with Gasteiger partial charge in [0.25, 0.3) is 0 Å². The van der Waals surface area contributed by atoms with Gasteiger partial charge in [-0.25, -0.2) is 0 Å². The van der Waals surface area contributed by atoms with Crippen molar-refractivity contribution in [3.63, 3.8) is 0 Å². The summed E-state index contributed by atoms with van der Waals surface area (Å²) < 4.78 is 0. The Kier molecular flexibility index (Phi) is 153. The van der Waals surface area contributed by atoms with E-state index in [0.717, 1.165) is 0 Å². The molecular formula is CH3UVW-. The maximum atomic E-state index is 0. The van der Waals surface area contributed by atoms with Crippen LogP contribution in [0.5, 0.6) is 0 Å². The summed E-state index contributed by atoms with van der Waals surface area (Å²) in [5.74, 6) is 0. The Hall–Kier alpha value is 2.32. The Morgan fingerprint density at radius 3 is 1.00 bits per heavy atom. The standard InChI is InChI=1S/CH3.U.V.W/h1H3;;;/q-1;;;. The molecule has 0 N–H and O–H groups in total. The molecule has 0 fully saturated rings. The van der Waals surface area contributed by atoms with Gasteiger partial charge >= 0.3 is 0 Å². The summed E-state index contributed by atoms with van der Waals surface area (Å²) in [6.45, 7) is 0. The minimum absolute atomic E-state index is 0. The molecule has 0 saturated carbocycles. The van der Waals surface area contributed by atoms with E-state index in [-0.39, 0.29) is 78.2 Å². The van der Waals surface area contributed by atoms with Gasteiger partial charge in [0.2, 0.25) is 0 Å². The molecule has 0 nitrogen and oxygen atoms in total. The molecule has 0 atom stereocenters. The van der Waals surface area contributed by atoms with Crippen LogP contribution in [0.15, 0.2) is 0 Å². The van der Waals surface area contributed by atoms with Crippen LogP contribution in [-0.2, 0) is 39.6 Å². The van der Waals surface area contributed by atoms with Crippen molar-refractivity contribution in [2.45, 2.75) is 0 Å². The van der Waals surface area contributed by atoms with Crippen molar-refractivity contribution in [1.29, 1.82) is 0 Å². The smallest absolute Gasteiger partial charge is 0 e. The van der Waals surface area contributed by atoms with Gasteiger partial charge in [0.15, 0.2) is 0 Å². The largest absolute Gasteiger partial charge is 0.358 e. The summed E-state index contributed by atoms with van der Waals surface area (Å²) in [5, 5.41) is 0. The second kappa shape index (κ2) is 18.4. The van der Waals surface area contributed by atoms with Gasteiger partial charge in [-0.3, -0.25) is 0 Å². The molecular weight excluding hydrogens is 485 g/mol. The molecule has 0 aromatic heterocycles. The molecule has 4 heavy (non-hydrogen) atoms. The van der Waals surface area contributed by atoms with Crippen molar-refractivity contribution in [2.75, 3.05) is 0 Å². The normalized spacial score (nSPS) is 0. The van der Waals surface area contributed by atoms with Crippen LogP contribution in [0.1, 0.15) is 0 Å². The van der Waals surface area contributed by atoms with Crippen LogP contribution in [0.4, 0.5) is 0 Å². The third-order valence-electron chi connectivity index (χ3n) is 0. The maximum Gasteiger partial charge on any atom is 0 e. The van der Waals surface area contributed by atoms with E-state index in [9.17, 15) is 0 Å². The molecule has 0 aliphatic heterocycles. The minimum Gasteiger partial charge on any atom is -0.358 e. The van der Waals surface area contributed by atoms with Crippen LogP contribution < -0.4 is 0 Å². The summed E-state index contributed by atoms with van der Waals surface area (Å²) in [5.41, 5.74) is 0. The van der Waals surface area contributed by atoms with Gasteiger partial charge in [-0.15, -0.1) is 0 Å². The molecule has 0 unspecified atom stereocenters. The predicted octanol–water partition coefficient (Wildman–Crippen LogP) is 0.445. The van der Waals surface area contributed by atoms with Crippen LogP contribution in [-0.4, -0.2) is 0 Å². The molecule has 0 aromatic rings. The Bertz CT molecular complexity index is 8.00. The second-order valence-electron chi connectivity index (χ2n) is 0. The van der Waals surface area contributed by atoms with Gasteiger partial charge in [0, 0.05) is 70.7 Å². The summed E-state index contributed by atoms with van der Waals surface area (Å²) in [6, 6.07) is 0. The molecule has 0 spiro atoms. The Morgan fingerprint density at radius 2 is 1.00 bits per heavy atom. The van der Waals surface area contributed by atoms with Crippen molar-refractivity contribution >= 4 is 0 Å². The van der Waals surface area contributed by atoms with E-state index in [0.29, 0.717) is 0 Å². The molecule has 0 aliphatic carbocycles. The molecule has 0 heterocycles. The van der Waals surface area contributed by atoms with Crippen molar-refractivity contribution in [3.8, 4) is 0 Å². The van der Waals surface area contributed by atoms with Gasteiger partial charge in [0.05, 0.1) is 0 Å². The average Bonchev–Trinajstić information content (AvgIpc) is 0. The fourth-order valence-electron chi connectivity index (χ4n) is 0. The maximum absolute atomic E-state index is 0. The Balaban J connectivity index is 0. The molecule has 0 aliphatic rings. The zero-order valence-corrected chi connectivity index (χ0v) is 10.8. The van der Waals surface area contributed by atoms with Crippen LogP contribution in [0.2, 0.25) is 0 Å². The molecule has 0 aromatic carbocycles. The SMILES string of the molecule is [CH3-].[U].[V].[W]. The first-order valence-corrected chi connectivity index (χ1v) is 0. The third kappa shape index (κ3) is 8.85. The molecule has 0 bridgehead atoms. The first-order valence-electron chi connectivity index (χ1n) is 0. The Morgan fingerprint density at radius 1 is 1.00 bits per heavy atom. The van der Waals surface area contributed by atoms with Crippen LogP contribution >= 0.6 is 0 Å². The van der Waals surface area contributed by atoms with Gasteiger partial charge in [-0.2, -0.15) is 0 Å². The summed E-state index contributed by atoms with van der Waals surface area (Å²) in [7, 11) is 0. The molecule has 0 amide bonds. The van der Waals surface area contributed by atoms with E-state index in [4.69, 9.17) is 0 Å². The minimum atomic E-state index is 0. The van der Waals surface area contributed by atoms with Crippen molar-refractivity contribution in [3.05, 3.63) is 7.43 Å².